The number of halogens is 6. The summed E-state index contributed by atoms with van der Waals surface area (Å²) < 4.78 is 73.1. The predicted molar refractivity (Wildman–Crippen MR) is 36.1 cm³/mol. The quantitative estimate of drug-likeness (QED) is 0.691. The maximum Gasteiger partial charge on any atom is 0.422 e. The van der Waals surface area contributed by atoms with Crippen molar-refractivity contribution < 1.29 is 35.9 Å². The zero-order valence-corrected chi connectivity index (χ0v) is 7.45. The lowest BCUT2D eigenvalue weighted by atomic mass is 10.6. The highest BCUT2D eigenvalue weighted by atomic mass is 19.4. The summed E-state index contributed by atoms with van der Waals surface area (Å²) in [6.07, 6.45) is -11.1. The lowest BCUT2D eigenvalue weighted by molar-refractivity contribution is -0.166. The van der Waals surface area contributed by atoms with E-state index < -0.39 is 31.6 Å². The fourth-order valence-corrected chi connectivity index (χ4v) is 0.587. The van der Waals surface area contributed by atoms with Crippen molar-refractivity contribution in [1.29, 1.82) is 0 Å². The molecule has 1 amide bonds. The minimum Gasteiger partial charge on any atom is -0.440 e. The normalized spacial score (nSPS) is 12.5. The Morgan fingerprint density at radius 1 is 1.13 bits per heavy atom. The molecule has 0 saturated heterocycles. The molecule has 0 heterocycles. The van der Waals surface area contributed by atoms with Gasteiger partial charge >= 0.3 is 18.4 Å². The third kappa shape index (κ3) is 7.89. The Morgan fingerprint density at radius 2 is 1.60 bits per heavy atom. The molecule has 0 rings (SSSR count). The van der Waals surface area contributed by atoms with Gasteiger partial charge in [0.2, 0.25) is 0 Å². The molecule has 0 saturated carbocycles. The summed E-state index contributed by atoms with van der Waals surface area (Å²) in [5, 5.41) is 0. The molecule has 15 heavy (non-hydrogen) atoms. The van der Waals surface area contributed by atoms with Crippen LogP contribution in [0.25, 0.3) is 0 Å². The third-order valence-electron chi connectivity index (χ3n) is 1.09. The first kappa shape index (κ1) is 13.8. The molecule has 3 nitrogen and oxygen atoms in total. The Hall–Kier alpha value is -1.15. The van der Waals surface area contributed by atoms with Gasteiger partial charge in [0.15, 0.2) is 6.61 Å². The summed E-state index contributed by atoms with van der Waals surface area (Å²) in [6.45, 7) is -3.57. The van der Waals surface area contributed by atoms with Crippen LogP contribution in [0.3, 0.4) is 0 Å². The lowest BCUT2D eigenvalue weighted by Crippen LogP contribution is -2.37. The predicted octanol–water partition coefficient (Wildman–Crippen LogP) is 2.18. The smallest absolute Gasteiger partial charge is 0.422 e. The molecule has 9 heteroatoms. The van der Waals surface area contributed by atoms with E-state index in [1.54, 1.807) is 0 Å². The van der Waals surface area contributed by atoms with E-state index in [1.165, 1.54) is 0 Å². The molecule has 0 atom stereocenters. The minimum absolute atomic E-state index is 0.00569. The van der Waals surface area contributed by atoms with E-state index in [1.807, 2.05) is 0 Å². The van der Waals surface area contributed by atoms with Crippen molar-refractivity contribution in [2.75, 3.05) is 20.2 Å². The van der Waals surface area contributed by atoms with Gasteiger partial charge in [0, 0.05) is 7.05 Å². The second-order valence-electron chi connectivity index (χ2n) is 2.64. The van der Waals surface area contributed by atoms with Gasteiger partial charge in [-0.15, -0.1) is 0 Å². The molecule has 0 aromatic heterocycles. The molecule has 0 aliphatic rings. The van der Waals surface area contributed by atoms with Crippen LogP contribution in [0.5, 0.6) is 0 Å². The average molecular weight is 239 g/mol. The van der Waals surface area contributed by atoms with Crippen molar-refractivity contribution in [2.24, 2.45) is 0 Å². The molecule has 0 spiro atoms. The zero-order chi connectivity index (χ0) is 12.3. The molecule has 90 valence electrons. The summed E-state index contributed by atoms with van der Waals surface area (Å²) in [6, 6.07) is 0. The number of alkyl halides is 6. The van der Waals surface area contributed by atoms with Crippen LogP contribution in [0.2, 0.25) is 0 Å². The van der Waals surface area contributed by atoms with Crippen LogP contribution >= 0.6 is 0 Å². The van der Waals surface area contributed by atoms with Crippen LogP contribution in [0, 0.1) is 0 Å². The van der Waals surface area contributed by atoms with Crippen molar-refractivity contribution in [2.45, 2.75) is 12.4 Å². The van der Waals surface area contributed by atoms with E-state index in [9.17, 15) is 31.1 Å². The van der Waals surface area contributed by atoms with Crippen LogP contribution in [0.1, 0.15) is 0 Å². The monoisotopic (exact) mass is 239 g/mol. The molecule has 0 radical (unpaired) electrons. The largest absolute Gasteiger partial charge is 0.440 e. The fourth-order valence-electron chi connectivity index (χ4n) is 0.587. The lowest BCUT2D eigenvalue weighted by Gasteiger charge is -2.18. The SMILES string of the molecule is CN(CC(F)(F)F)C(=O)OCC(F)(F)F. The van der Waals surface area contributed by atoms with Gasteiger partial charge in [0.25, 0.3) is 0 Å². The van der Waals surface area contributed by atoms with Gasteiger partial charge in [-0.3, -0.25) is 0 Å². The van der Waals surface area contributed by atoms with Crippen LogP contribution < -0.4 is 0 Å². The highest BCUT2D eigenvalue weighted by Crippen LogP contribution is 2.17. The van der Waals surface area contributed by atoms with Gasteiger partial charge in [-0.1, -0.05) is 0 Å². The van der Waals surface area contributed by atoms with Crippen molar-refractivity contribution in [1.82, 2.24) is 4.90 Å². The van der Waals surface area contributed by atoms with E-state index in [4.69, 9.17) is 0 Å². The van der Waals surface area contributed by atoms with Gasteiger partial charge < -0.3 is 9.64 Å². The third-order valence-corrected chi connectivity index (χ3v) is 1.09. The summed E-state index contributed by atoms with van der Waals surface area (Å²) in [5.41, 5.74) is 0. The summed E-state index contributed by atoms with van der Waals surface area (Å²) in [7, 11) is 0.687. The first-order valence-electron chi connectivity index (χ1n) is 3.52. The van der Waals surface area contributed by atoms with Gasteiger partial charge in [-0.25, -0.2) is 4.79 Å². The summed E-state index contributed by atoms with van der Waals surface area (Å²) in [5.74, 6) is 0. The number of amides is 1. The molecule has 0 aliphatic heterocycles. The topological polar surface area (TPSA) is 29.5 Å². The Morgan fingerprint density at radius 3 is 1.93 bits per heavy atom. The van der Waals surface area contributed by atoms with Gasteiger partial charge in [0.05, 0.1) is 0 Å². The van der Waals surface area contributed by atoms with Gasteiger partial charge in [-0.05, 0) is 0 Å². The number of carbonyl (C=O) groups excluding carboxylic acids is 1. The molecule has 0 aliphatic carbocycles. The van der Waals surface area contributed by atoms with E-state index in [2.05, 4.69) is 4.74 Å². The van der Waals surface area contributed by atoms with Crippen LogP contribution in [0.4, 0.5) is 31.1 Å². The number of rotatable bonds is 2. The Balaban J connectivity index is 4.01. The maximum atomic E-state index is 11.7. The number of ether oxygens (including phenoxy) is 1. The molecule has 0 N–H and O–H groups in total. The Bertz CT molecular complexity index is 223. The number of hydrogen-bond acceptors (Lipinski definition) is 2. The van der Waals surface area contributed by atoms with Crippen molar-refractivity contribution in [3.05, 3.63) is 0 Å². The molecule has 0 aromatic carbocycles. The minimum atomic E-state index is -4.76. The van der Waals surface area contributed by atoms with Crippen LogP contribution in [-0.4, -0.2) is 43.5 Å². The summed E-state index contributed by atoms with van der Waals surface area (Å²) in [4.78, 5) is 10.6. The molecular formula is C6H7F6NO2. The molecule has 0 unspecified atom stereocenters. The molecular weight excluding hydrogens is 232 g/mol. The first-order chi connectivity index (χ1) is 6.51. The van der Waals surface area contributed by atoms with Crippen LogP contribution in [-0.2, 0) is 4.74 Å². The average Bonchev–Trinajstić information content (AvgIpc) is 1.95. The second-order valence-corrected chi connectivity index (χ2v) is 2.64. The van der Waals surface area contributed by atoms with Crippen molar-refractivity contribution >= 4 is 6.09 Å². The van der Waals surface area contributed by atoms with E-state index >= 15 is 0 Å². The summed E-state index contributed by atoms with van der Waals surface area (Å²) >= 11 is 0. The van der Waals surface area contributed by atoms with E-state index in [-0.39, 0.29) is 4.90 Å². The number of carbonyl (C=O) groups is 1. The first-order valence-corrected chi connectivity index (χ1v) is 3.52. The van der Waals surface area contributed by atoms with E-state index in [0.29, 0.717) is 7.05 Å². The van der Waals surface area contributed by atoms with Gasteiger partial charge in [0.1, 0.15) is 6.54 Å². The Kier molecular flexibility index (Phi) is 4.23. The zero-order valence-electron chi connectivity index (χ0n) is 7.45. The van der Waals surface area contributed by atoms with E-state index in [0.717, 1.165) is 0 Å². The second kappa shape index (κ2) is 4.58. The van der Waals surface area contributed by atoms with Crippen molar-refractivity contribution in [3.63, 3.8) is 0 Å². The Labute approximate surface area is 80.6 Å². The molecule has 0 fully saturated rings. The standard InChI is InChI=1S/C6H7F6NO2/c1-13(2-5(7,8)9)4(14)15-3-6(10,11)12/h2-3H2,1H3. The highest BCUT2D eigenvalue weighted by molar-refractivity contribution is 5.67. The molecule has 0 bridgehead atoms. The highest BCUT2D eigenvalue weighted by Gasteiger charge is 2.34. The van der Waals surface area contributed by atoms with Crippen LogP contribution in [0.15, 0.2) is 0 Å². The maximum absolute atomic E-state index is 11.7. The van der Waals surface area contributed by atoms with Gasteiger partial charge in [-0.2, -0.15) is 26.3 Å². The fraction of sp³-hybridized carbons (Fsp3) is 0.833. The number of hydrogen-bond donors (Lipinski definition) is 0. The number of nitrogens with zero attached hydrogens (tertiary/aromatic N) is 1. The molecule has 0 aromatic rings. The van der Waals surface area contributed by atoms with Crippen molar-refractivity contribution in [3.8, 4) is 0 Å².